The Labute approximate surface area is 138 Å². The Bertz CT molecular complexity index is 818. The van der Waals surface area contributed by atoms with Crippen LogP contribution in [0, 0.1) is 0 Å². The molecule has 3 aromatic carbocycles. The van der Waals surface area contributed by atoms with Gasteiger partial charge >= 0.3 is 5.97 Å². The summed E-state index contributed by atoms with van der Waals surface area (Å²) >= 11 is 12.2. The summed E-state index contributed by atoms with van der Waals surface area (Å²) in [6.07, 6.45) is 0.0295. The zero-order chi connectivity index (χ0) is 15.5. The van der Waals surface area contributed by atoms with Gasteiger partial charge in [0.25, 0.3) is 0 Å². The van der Waals surface area contributed by atoms with Crippen molar-refractivity contribution in [3.05, 3.63) is 76.3 Å². The fourth-order valence-electron chi connectivity index (χ4n) is 2.29. The molecule has 110 valence electrons. The molecule has 2 nitrogen and oxygen atoms in total. The topological polar surface area (TPSA) is 26.3 Å². The third-order valence-electron chi connectivity index (χ3n) is 3.36. The molecule has 0 aliphatic rings. The molecule has 0 N–H and O–H groups in total. The molecule has 3 aromatic rings. The number of halogens is 2. The molecule has 0 saturated carbocycles. The number of carbonyl (C=O) groups is 1. The van der Waals surface area contributed by atoms with Gasteiger partial charge in [-0.3, -0.25) is 4.79 Å². The smallest absolute Gasteiger partial charge is 0.315 e. The maximum Gasteiger partial charge on any atom is 0.315 e. The van der Waals surface area contributed by atoms with Gasteiger partial charge in [-0.1, -0.05) is 65.7 Å². The van der Waals surface area contributed by atoms with Crippen molar-refractivity contribution in [3.8, 4) is 5.75 Å². The van der Waals surface area contributed by atoms with Crippen molar-refractivity contribution in [1.82, 2.24) is 0 Å². The van der Waals surface area contributed by atoms with Gasteiger partial charge in [0.15, 0.2) is 0 Å². The number of benzene rings is 3. The van der Waals surface area contributed by atoms with Crippen molar-refractivity contribution >= 4 is 39.9 Å². The fraction of sp³-hybridized carbons (Fsp3) is 0.0556. The van der Waals surface area contributed by atoms with Gasteiger partial charge in [0.2, 0.25) is 0 Å². The van der Waals surface area contributed by atoms with Gasteiger partial charge < -0.3 is 4.74 Å². The van der Waals surface area contributed by atoms with Crippen molar-refractivity contribution in [2.24, 2.45) is 0 Å². The van der Waals surface area contributed by atoms with Crippen LogP contribution in [0.4, 0.5) is 0 Å². The van der Waals surface area contributed by atoms with Crippen molar-refractivity contribution in [3.63, 3.8) is 0 Å². The van der Waals surface area contributed by atoms with E-state index in [9.17, 15) is 4.79 Å². The summed E-state index contributed by atoms with van der Waals surface area (Å²) in [5, 5.41) is 2.83. The van der Waals surface area contributed by atoms with E-state index >= 15 is 0 Å². The van der Waals surface area contributed by atoms with Gasteiger partial charge in [-0.2, -0.15) is 0 Å². The summed E-state index contributed by atoms with van der Waals surface area (Å²) < 4.78 is 5.49. The standard InChI is InChI=1S/C18H12Cl2O2/c19-15-8-4-9-16(20)14(15)11-18(21)22-17-10-3-6-12-5-1-2-7-13(12)17/h1-10H,11H2. The number of esters is 1. The minimum atomic E-state index is -0.397. The van der Waals surface area contributed by atoms with E-state index in [1.54, 1.807) is 24.3 Å². The molecular weight excluding hydrogens is 319 g/mol. The van der Waals surface area contributed by atoms with Crippen LogP contribution in [0.1, 0.15) is 5.56 Å². The second-order valence-electron chi connectivity index (χ2n) is 4.83. The van der Waals surface area contributed by atoms with Crippen LogP contribution in [0.2, 0.25) is 10.0 Å². The Morgan fingerprint density at radius 2 is 1.50 bits per heavy atom. The summed E-state index contributed by atoms with van der Waals surface area (Å²) in [6.45, 7) is 0. The summed E-state index contributed by atoms with van der Waals surface area (Å²) in [5.74, 6) is 0.137. The highest BCUT2D eigenvalue weighted by atomic mass is 35.5. The van der Waals surface area contributed by atoms with E-state index in [1.807, 2.05) is 36.4 Å². The van der Waals surface area contributed by atoms with E-state index in [2.05, 4.69) is 0 Å². The normalized spacial score (nSPS) is 10.6. The van der Waals surface area contributed by atoms with Crippen LogP contribution >= 0.6 is 23.2 Å². The molecule has 0 spiro atoms. The summed E-state index contributed by atoms with van der Waals surface area (Å²) in [4.78, 5) is 12.2. The quantitative estimate of drug-likeness (QED) is 0.481. The predicted octanol–water partition coefficient (Wildman–Crippen LogP) is 5.29. The monoisotopic (exact) mass is 330 g/mol. The molecule has 0 unspecified atom stereocenters. The number of carbonyl (C=O) groups excluding carboxylic acids is 1. The van der Waals surface area contributed by atoms with Gasteiger partial charge in [0.05, 0.1) is 6.42 Å². The van der Waals surface area contributed by atoms with Crippen LogP contribution in [0.15, 0.2) is 60.7 Å². The molecule has 0 aromatic heterocycles. The molecule has 0 aliphatic carbocycles. The first-order chi connectivity index (χ1) is 10.6. The molecule has 0 fully saturated rings. The van der Waals surface area contributed by atoms with E-state index in [0.29, 0.717) is 21.4 Å². The summed E-state index contributed by atoms with van der Waals surface area (Å²) in [6, 6.07) is 18.5. The molecule has 0 radical (unpaired) electrons. The summed E-state index contributed by atoms with van der Waals surface area (Å²) in [7, 11) is 0. The third-order valence-corrected chi connectivity index (χ3v) is 4.06. The van der Waals surface area contributed by atoms with Crippen LogP contribution in [0.3, 0.4) is 0 Å². The van der Waals surface area contributed by atoms with E-state index in [-0.39, 0.29) is 6.42 Å². The first-order valence-electron chi connectivity index (χ1n) is 6.76. The highest BCUT2D eigenvalue weighted by molar-refractivity contribution is 6.36. The minimum Gasteiger partial charge on any atom is -0.426 e. The Morgan fingerprint density at radius 1 is 0.864 bits per heavy atom. The van der Waals surface area contributed by atoms with Crippen LogP contribution < -0.4 is 4.74 Å². The maximum absolute atomic E-state index is 12.2. The number of rotatable bonds is 3. The van der Waals surface area contributed by atoms with Crippen LogP contribution in [-0.2, 0) is 11.2 Å². The molecular formula is C18H12Cl2O2. The van der Waals surface area contributed by atoms with E-state index in [0.717, 1.165) is 10.8 Å². The second kappa shape index (κ2) is 6.39. The Kier molecular flexibility index (Phi) is 4.32. The fourth-order valence-corrected chi connectivity index (χ4v) is 2.82. The van der Waals surface area contributed by atoms with Crippen LogP contribution in [0.25, 0.3) is 10.8 Å². The van der Waals surface area contributed by atoms with Crippen LogP contribution in [0.5, 0.6) is 5.75 Å². The maximum atomic E-state index is 12.2. The number of ether oxygens (including phenoxy) is 1. The van der Waals surface area contributed by atoms with E-state index in [1.165, 1.54) is 0 Å². The molecule has 0 bridgehead atoms. The predicted molar refractivity (Wildman–Crippen MR) is 89.7 cm³/mol. The lowest BCUT2D eigenvalue weighted by molar-refractivity contribution is -0.133. The number of hydrogen-bond acceptors (Lipinski definition) is 2. The molecule has 0 atom stereocenters. The molecule has 3 rings (SSSR count). The van der Waals surface area contributed by atoms with Crippen molar-refractivity contribution in [1.29, 1.82) is 0 Å². The number of fused-ring (bicyclic) bond motifs is 1. The zero-order valence-corrected chi connectivity index (χ0v) is 13.1. The highest BCUT2D eigenvalue weighted by Crippen LogP contribution is 2.28. The molecule has 0 heterocycles. The second-order valence-corrected chi connectivity index (χ2v) is 5.64. The third kappa shape index (κ3) is 3.08. The lowest BCUT2D eigenvalue weighted by Crippen LogP contribution is -2.12. The Balaban J connectivity index is 1.85. The molecule has 0 amide bonds. The van der Waals surface area contributed by atoms with Gasteiger partial charge in [-0.15, -0.1) is 0 Å². The minimum absolute atomic E-state index is 0.0295. The molecule has 0 aliphatic heterocycles. The van der Waals surface area contributed by atoms with E-state index in [4.69, 9.17) is 27.9 Å². The lowest BCUT2D eigenvalue weighted by atomic mass is 10.1. The highest BCUT2D eigenvalue weighted by Gasteiger charge is 2.13. The summed E-state index contributed by atoms with van der Waals surface area (Å²) in [5.41, 5.74) is 0.580. The molecule has 4 heteroatoms. The molecule has 22 heavy (non-hydrogen) atoms. The van der Waals surface area contributed by atoms with Crippen molar-refractivity contribution < 1.29 is 9.53 Å². The Morgan fingerprint density at radius 3 is 2.27 bits per heavy atom. The zero-order valence-electron chi connectivity index (χ0n) is 11.6. The lowest BCUT2D eigenvalue weighted by Gasteiger charge is -2.09. The van der Waals surface area contributed by atoms with E-state index < -0.39 is 5.97 Å². The first kappa shape index (κ1) is 14.9. The van der Waals surface area contributed by atoms with Crippen molar-refractivity contribution in [2.45, 2.75) is 6.42 Å². The van der Waals surface area contributed by atoms with Crippen molar-refractivity contribution in [2.75, 3.05) is 0 Å². The average Bonchev–Trinajstić information content (AvgIpc) is 2.51. The largest absolute Gasteiger partial charge is 0.426 e. The SMILES string of the molecule is O=C(Cc1c(Cl)cccc1Cl)Oc1cccc2ccccc12. The average molecular weight is 331 g/mol. The van der Waals surface area contributed by atoms with Gasteiger partial charge in [0.1, 0.15) is 5.75 Å². The number of hydrogen-bond donors (Lipinski definition) is 0. The van der Waals surface area contributed by atoms with Gasteiger partial charge in [0, 0.05) is 21.0 Å². The Hall–Kier alpha value is -2.03. The molecule has 0 saturated heterocycles. The van der Waals surface area contributed by atoms with Gasteiger partial charge in [-0.25, -0.2) is 0 Å². The first-order valence-corrected chi connectivity index (χ1v) is 7.52. The van der Waals surface area contributed by atoms with Gasteiger partial charge in [-0.05, 0) is 23.6 Å². The van der Waals surface area contributed by atoms with Crippen LogP contribution in [-0.4, -0.2) is 5.97 Å².